The van der Waals surface area contributed by atoms with E-state index in [1.165, 1.54) is 35.5 Å². The number of ether oxygens (including phenoxy) is 2. The summed E-state index contributed by atoms with van der Waals surface area (Å²) in [4.78, 5) is 18.1. The fourth-order valence-corrected chi connectivity index (χ4v) is 2.49. The Morgan fingerprint density at radius 1 is 1.30 bits per heavy atom. The van der Waals surface area contributed by atoms with Crippen molar-refractivity contribution in [3.05, 3.63) is 41.8 Å². The monoisotopic (exact) mass is 338 g/mol. The number of methoxy groups -OCH3 is 1. The highest BCUT2D eigenvalue weighted by Gasteiger charge is 2.26. The molecule has 0 unspecified atom stereocenters. The third-order valence-corrected chi connectivity index (χ3v) is 3.75. The minimum absolute atomic E-state index is 0.228. The van der Waals surface area contributed by atoms with E-state index in [4.69, 9.17) is 9.47 Å². The number of amides is 1. The summed E-state index contributed by atoms with van der Waals surface area (Å²) in [6.07, 6.45) is 1.03. The molecule has 5 nitrogen and oxygen atoms in total. The van der Waals surface area contributed by atoms with Gasteiger partial charge >= 0.3 is 6.09 Å². The van der Waals surface area contributed by atoms with E-state index in [1.54, 1.807) is 39.1 Å². The number of carbonyl (C=O) groups is 1. The Kier molecular flexibility index (Phi) is 5.20. The van der Waals surface area contributed by atoms with Gasteiger partial charge in [0.2, 0.25) is 0 Å². The van der Waals surface area contributed by atoms with E-state index in [2.05, 4.69) is 4.98 Å². The van der Waals surface area contributed by atoms with E-state index >= 15 is 0 Å². The van der Waals surface area contributed by atoms with Crippen molar-refractivity contribution >= 4 is 22.6 Å². The second-order valence-corrected chi connectivity index (χ2v) is 6.83. The first-order valence-corrected chi connectivity index (χ1v) is 7.85. The van der Waals surface area contributed by atoms with Gasteiger partial charge in [-0.15, -0.1) is 0 Å². The number of benzene rings is 1. The minimum Gasteiger partial charge on any atom is -0.486 e. The van der Waals surface area contributed by atoms with Crippen LogP contribution in [-0.4, -0.2) is 23.8 Å². The zero-order valence-electron chi connectivity index (χ0n) is 13.5. The van der Waals surface area contributed by atoms with Crippen LogP contribution in [0.2, 0.25) is 0 Å². The van der Waals surface area contributed by atoms with Crippen molar-refractivity contribution in [1.29, 1.82) is 0 Å². The van der Waals surface area contributed by atoms with E-state index in [-0.39, 0.29) is 12.4 Å². The average molecular weight is 338 g/mol. The first-order chi connectivity index (χ1) is 10.8. The first-order valence-electron chi connectivity index (χ1n) is 7.03. The number of anilines is 1. The summed E-state index contributed by atoms with van der Waals surface area (Å²) >= 11 is 1.24. The lowest BCUT2D eigenvalue weighted by Gasteiger charge is -2.25. The van der Waals surface area contributed by atoms with Gasteiger partial charge in [-0.2, -0.15) is 0 Å². The van der Waals surface area contributed by atoms with E-state index in [0.29, 0.717) is 10.2 Å². The maximum Gasteiger partial charge on any atom is 0.416 e. The van der Waals surface area contributed by atoms with E-state index in [1.807, 2.05) is 0 Å². The Hall–Kier alpha value is -2.15. The van der Waals surface area contributed by atoms with E-state index < -0.39 is 11.7 Å². The number of aromatic nitrogens is 1. The predicted molar refractivity (Wildman–Crippen MR) is 87.5 cm³/mol. The molecule has 0 N–H and O–H groups in total. The summed E-state index contributed by atoms with van der Waals surface area (Å²) in [5, 5.41) is 1.05. The Morgan fingerprint density at radius 2 is 1.96 bits per heavy atom. The van der Waals surface area contributed by atoms with Crippen molar-refractivity contribution in [2.45, 2.75) is 32.9 Å². The summed E-state index contributed by atoms with van der Waals surface area (Å²) in [7, 11) is 1.54. The number of nitrogens with zero attached hydrogens (tertiary/aromatic N) is 2. The normalized spacial score (nSPS) is 11.2. The number of thiazole rings is 1. The van der Waals surface area contributed by atoms with Crippen molar-refractivity contribution < 1.29 is 18.7 Å². The number of hydrogen-bond acceptors (Lipinski definition) is 5. The Labute approximate surface area is 138 Å². The van der Waals surface area contributed by atoms with Gasteiger partial charge in [0, 0.05) is 0 Å². The molecule has 0 saturated heterocycles. The van der Waals surface area contributed by atoms with Gasteiger partial charge in [0.05, 0.1) is 19.9 Å². The molecule has 1 aromatic carbocycles. The molecule has 0 aliphatic heterocycles. The molecule has 124 valence electrons. The van der Waals surface area contributed by atoms with Gasteiger partial charge in [-0.3, -0.25) is 0 Å². The second-order valence-electron chi connectivity index (χ2n) is 5.86. The molecule has 2 aromatic rings. The summed E-state index contributed by atoms with van der Waals surface area (Å²) in [6, 6.07) is 5.95. The van der Waals surface area contributed by atoms with Gasteiger partial charge in [0.15, 0.2) is 10.2 Å². The van der Waals surface area contributed by atoms with Crippen LogP contribution in [0.3, 0.4) is 0 Å². The van der Waals surface area contributed by atoms with Crippen molar-refractivity contribution in [3.63, 3.8) is 0 Å². The number of halogens is 1. The molecule has 0 bridgehead atoms. The summed E-state index contributed by atoms with van der Waals surface area (Å²) in [5.74, 6) is -0.325. The maximum absolute atomic E-state index is 13.0. The van der Waals surface area contributed by atoms with E-state index in [9.17, 15) is 9.18 Å². The molecule has 0 aliphatic carbocycles. The average Bonchev–Trinajstić information content (AvgIpc) is 2.93. The first kappa shape index (κ1) is 17.2. The van der Waals surface area contributed by atoms with Crippen molar-refractivity contribution in [2.24, 2.45) is 0 Å². The zero-order chi connectivity index (χ0) is 17.0. The summed E-state index contributed by atoms with van der Waals surface area (Å²) in [5.41, 5.74) is 0.144. The lowest BCUT2D eigenvalue weighted by atomic mass is 10.2. The molecular weight excluding hydrogens is 319 g/mol. The van der Waals surface area contributed by atoms with Crippen LogP contribution in [0.25, 0.3) is 0 Å². The molecule has 1 amide bonds. The van der Waals surface area contributed by atoms with Gasteiger partial charge in [0.1, 0.15) is 11.4 Å². The fraction of sp³-hybridized carbons (Fsp3) is 0.375. The molecule has 7 heteroatoms. The Morgan fingerprint density at radius 3 is 2.48 bits per heavy atom. The molecule has 1 aromatic heterocycles. The highest BCUT2D eigenvalue weighted by atomic mass is 32.1. The van der Waals surface area contributed by atoms with Gasteiger partial charge < -0.3 is 9.47 Å². The number of carbonyl (C=O) groups excluding carboxylic acids is 1. The van der Waals surface area contributed by atoms with Gasteiger partial charge in [-0.05, 0) is 38.5 Å². The Bertz CT molecular complexity index is 665. The van der Waals surface area contributed by atoms with Crippen LogP contribution in [-0.2, 0) is 11.3 Å². The standard InChI is InChI=1S/C16H19FN2O3S/c1-16(2,3)22-15(20)19(14-18-9-13(21-4)23-14)10-11-5-7-12(17)8-6-11/h5-9H,10H2,1-4H3. The van der Waals surface area contributed by atoms with Crippen LogP contribution in [0.1, 0.15) is 26.3 Å². The summed E-state index contributed by atoms with van der Waals surface area (Å²) < 4.78 is 23.6. The van der Waals surface area contributed by atoms with Crippen LogP contribution < -0.4 is 9.64 Å². The van der Waals surface area contributed by atoms with Crippen molar-refractivity contribution in [3.8, 4) is 5.06 Å². The molecule has 2 rings (SSSR count). The van der Waals surface area contributed by atoms with Crippen LogP contribution in [0.15, 0.2) is 30.5 Å². The second kappa shape index (κ2) is 6.95. The molecule has 23 heavy (non-hydrogen) atoms. The topological polar surface area (TPSA) is 51.7 Å². The van der Waals surface area contributed by atoms with Gasteiger partial charge in [0.25, 0.3) is 0 Å². The minimum atomic E-state index is -0.626. The van der Waals surface area contributed by atoms with Crippen molar-refractivity contribution in [2.75, 3.05) is 12.0 Å². The molecule has 0 aliphatic rings. The van der Waals surface area contributed by atoms with Crippen LogP contribution in [0, 0.1) is 5.82 Å². The van der Waals surface area contributed by atoms with Crippen LogP contribution >= 0.6 is 11.3 Å². The molecule has 0 radical (unpaired) electrons. The molecule has 0 atom stereocenters. The molecule has 0 saturated carbocycles. The predicted octanol–water partition coefficient (Wildman–Crippen LogP) is 4.23. The largest absolute Gasteiger partial charge is 0.486 e. The smallest absolute Gasteiger partial charge is 0.416 e. The third-order valence-electron chi connectivity index (χ3n) is 2.77. The molecule has 1 heterocycles. The van der Waals surface area contributed by atoms with Crippen LogP contribution in [0.5, 0.6) is 5.06 Å². The lowest BCUT2D eigenvalue weighted by Crippen LogP contribution is -2.36. The van der Waals surface area contributed by atoms with Crippen molar-refractivity contribution in [1.82, 2.24) is 4.98 Å². The molecular formula is C16H19FN2O3S. The number of hydrogen-bond donors (Lipinski definition) is 0. The van der Waals surface area contributed by atoms with Gasteiger partial charge in [-0.1, -0.05) is 23.5 Å². The third kappa shape index (κ3) is 4.92. The Balaban J connectivity index is 2.26. The lowest BCUT2D eigenvalue weighted by molar-refractivity contribution is 0.0577. The summed E-state index contributed by atoms with van der Waals surface area (Å²) in [6.45, 7) is 5.61. The molecule has 0 spiro atoms. The fourth-order valence-electron chi connectivity index (χ4n) is 1.77. The SMILES string of the molecule is COc1cnc(N(Cc2ccc(F)cc2)C(=O)OC(C)(C)C)s1. The van der Waals surface area contributed by atoms with Crippen LogP contribution in [0.4, 0.5) is 14.3 Å². The highest BCUT2D eigenvalue weighted by molar-refractivity contribution is 7.17. The highest BCUT2D eigenvalue weighted by Crippen LogP contribution is 2.30. The number of rotatable bonds is 4. The quantitative estimate of drug-likeness (QED) is 0.837. The zero-order valence-corrected chi connectivity index (χ0v) is 14.3. The maximum atomic E-state index is 13.0. The molecule has 0 fully saturated rings. The van der Waals surface area contributed by atoms with Gasteiger partial charge in [-0.25, -0.2) is 19.1 Å². The van der Waals surface area contributed by atoms with E-state index in [0.717, 1.165) is 5.56 Å².